The number of hydrogen-bond donors (Lipinski definition) is 2. The second-order valence-corrected chi connectivity index (χ2v) is 4.15. The van der Waals surface area contributed by atoms with Crippen molar-refractivity contribution in [2.75, 3.05) is 25.6 Å². The Kier molecular flexibility index (Phi) is 5.11. The van der Waals surface area contributed by atoms with Crippen molar-refractivity contribution in [1.29, 1.82) is 0 Å². The number of aliphatic hydroxyl groups excluding tert-OH is 1. The van der Waals surface area contributed by atoms with E-state index in [9.17, 15) is 13.9 Å². The van der Waals surface area contributed by atoms with Gasteiger partial charge in [-0.1, -0.05) is 15.9 Å². The summed E-state index contributed by atoms with van der Waals surface area (Å²) in [7, 11) is 1.43. The van der Waals surface area contributed by atoms with E-state index in [-0.39, 0.29) is 18.8 Å². The molecule has 1 unspecified atom stereocenters. The average Bonchev–Trinajstić information content (AvgIpc) is 2.16. The van der Waals surface area contributed by atoms with Crippen LogP contribution in [0.4, 0.5) is 14.5 Å². The topological polar surface area (TPSA) is 41.5 Å². The Morgan fingerprint density at radius 1 is 1.44 bits per heavy atom. The van der Waals surface area contributed by atoms with E-state index in [1.54, 1.807) is 0 Å². The summed E-state index contributed by atoms with van der Waals surface area (Å²) in [5, 5.41) is 11.8. The van der Waals surface area contributed by atoms with E-state index in [4.69, 9.17) is 0 Å². The van der Waals surface area contributed by atoms with Gasteiger partial charge in [-0.2, -0.15) is 0 Å². The molecule has 0 aliphatic rings. The number of benzene rings is 1. The van der Waals surface area contributed by atoms with Gasteiger partial charge in [0.25, 0.3) is 0 Å². The number of ether oxygens (including phenoxy) is 1. The maximum absolute atomic E-state index is 13.3. The van der Waals surface area contributed by atoms with E-state index in [0.29, 0.717) is 4.47 Å². The fraction of sp³-hybridized carbons (Fsp3) is 0.400. The second-order valence-electron chi connectivity index (χ2n) is 3.23. The third-order valence-electron chi connectivity index (χ3n) is 1.88. The Balaban J connectivity index is 2.67. The molecule has 3 nitrogen and oxygen atoms in total. The van der Waals surface area contributed by atoms with Gasteiger partial charge >= 0.3 is 0 Å². The highest BCUT2D eigenvalue weighted by atomic mass is 79.9. The molecule has 0 aliphatic carbocycles. The van der Waals surface area contributed by atoms with Gasteiger partial charge in [0.05, 0.1) is 12.7 Å². The molecule has 0 heterocycles. The molecule has 1 rings (SSSR count). The molecule has 1 aromatic rings. The largest absolute Gasteiger partial charge is 0.389 e. The van der Waals surface area contributed by atoms with Crippen molar-refractivity contribution in [2.24, 2.45) is 0 Å². The Hall–Kier alpha value is -0.720. The fourth-order valence-corrected chi connectivity index (χ4v) is 1.58. The summed E-state index contributed by atoms with van der Waals surface area (Å²) in [6, 6.07) is 2.29. The van der Waals surface area contributed by atoms with Gasteiger partial charge in [-0.25, -0.2) is 8.78 Å². The van der Waals surface area contributed by atoms with Crippen molar-refractivity contribution in [3.8, 4) is 0 Å². The molecular weight excluding hydrogens is 284 g/mol. The van der Waals surface area contributed by atoms with Crippen LogP contribution in [0.25, 0.3) is 0 Å². The van der Waals surface area contributed by atoms with Crippen LogP contribution in [-0.4, -0.2) is 31.5 Å². The van der Waals surface area contributed by atoms with Crippen LogP contribution in [0.3, 0.4) is 0 Å². The smallest absolute Gasteiger partial charge is 0.150 e. The summed E-state index contributed by atoms with van der Waals surface area (Å²) in [5.41, 5.74) is -0.252. The van der Waals surface area contributed by atoms with Crippen LogP contribution in [0.15, 0.2) is 16.6 Å². The van der Waals surface area contributed by atoms with Gasteiger partial charge in [0.2, 0.25) is 0 Å². The van der Waals surface area contributed by atoms with Crippen molar-refractivity contribution in [3.05, 3.63) is 28.2 Å². The molecule has 0 bridgehead atoms. The van der Waals surface area contributed by atoms with Gasteiger partial charge in [-0.3, -0.25) is 0 Å². The summed E-state index contributed by atoms with van der Waals surface area (Å²) < 4.78 is 31.6. The van der Waals surface area contributed by atoms with E-state index in [1.165, 1.54) is 7.11 Å². The summed E-state index contributed by atoms with van der Waals surface area (Å²) in [6.45, 7) is 0.121. The summed E-state index contributed by atoms with van der Waals surface area (Å²) in [5.74, 6) is -1.42. The zero-order valence-electron chi connectivity index (χ0n) is 8.64. The van der Waals surface area contributed by atoms with Crippen LogP contribution in [0.2, 0.25) is 0 Å². The Labute approximate surface area is 101 Å². The first-order valence-electron chi connectivity index (χ1n) is 4.60. The minimum Gasteiger partial charge on any atom is -0.389 e. The van der Waals surface area contributed by atoms with Crippen LogP contribution in [-0.2, 0) is 4.74 Å². The molecule has 0 saturated heterocycles. The predicted octanol–water partition coefficient (Wildman–Crippen LogP) is 2.15. The van der Waals surface area contributed by atoms with Crippen LogP contribution in [0, 0.1) is 11.6 Å². The second kappa shape index (κ2) is 6.12. The first-order chi connectivity index (χ1) is 7.54. The maximum Gasteiger partial charge on any atom is 0.150 e. The molecule has 0 amide bonds. The molecule has 1 atom stereocenters. The summed E-state index contributed by atoms with van der Waals surface area (Å²) in [4.78, 5) is 0. The van der Waals surface area contributed by atoms with Gasteiger partial charge in [-0.05, 0) is 12.1 Å². The molecule has 0 fully saturated rings. The lowest BCUT2D eigenvalue weighted by Crippen LogP contribution is -2.24. The Morgan fingerprint density at radius 3 is 2.50 bits per heavy atom. The van der Waals surface area contributed by atoms with E-state index in [1.807, 2.05) is 0 Å². The minimum absolute atomic E-state index is 0.0172. The monoisotopic (exact) mass is 295 g/mol. The van der Waals surface area contributed by atoms with Crippen molar-refractivity contribution in [2.45, 2.75) is 6.10 Å². The third kappa shape index (κ3) is 3.70. The maximum atomic E-state index is 13.3. The lowest BCUT2D eigenvalue weighted by Gasteiger charge is -2.13. The van der Waals surface area contributed by atoms with E-state index >= 15 is 0 Å². The normalized spacial score (nSPS) is 12.6. The first-order valence-corrected chi connectivity index (χ1v) is 5.39. The number of rotatable bonds is 5. The van der Waals surface area contributed by atoms with Gasteiger partial charge in [0, 0.05) is 18.1 Å². The number of nitrogens with one attached hydrogen (secondary N) is 1. The average molecular weight is 296 g/mol. The zero-order chi connectivity index (χ0) is 12.1. The van der Waals surface area contributed by atoms with E-state index in [0.717, 1.165) is 12.1 Å². The van der Waals surface area contributed by atoms with Crippen LogP contribution in [0.5, 0.6) is 0 Å². The Bertz CT molecular complexity index is 340. The summed E-state index contributed by atoms with van der Waals surface area (Å²) in [6.07, 6.45) is -0.813. The number of anilines is 1. The Morgan fingerprint density at radius 2 is 2.00 bits per heavy atom. The van der Waals surface area contributed by atoms with E-state index in [2.05, 4.69) is 26.0 Å². The molecule has 0 saturated carbocycles. The predicted molar refractivity (Wildman–Crippen MR) is 60.4 cm³/mol. The highest BCUT2D eigenvalue weighted by Gasteiger charge is 2.11. The standard InChI is InChI=1S/C10H12BrF2NO2/c1-16-5-7(15)4-14-10-8(12)2-6(11)3-9(10)13/h2-3,7,14-15H,4-5H2,1H3. The van der Waals surface area contributed by atoms with Crippen molar-refractivity contribution >= 4 is 21.6 Å². The molecule has 0 aromatic heterocycles. The molecule has 16 heavy (non-hydrogen) atoms. The summed E-state index contributed by atoms with van der Waals surface area (Å²) >= 11 is 2.97. The minimum atomic E-state index is -0.813. The molecule has 2 N–H and O–H groups in total. The lowest BCUT2D eigenvalue weighted by atomic mass is 10.2. The van der Waals surface area contributed by atoms with Gasteiger partial charge in [-0.15, -0.1) is 0 Å². The van der Waals surface area contributed by atoms with Crippen LogP contribution >= 0.6 is 15.9 Å². The first kappa shape index (κ1) is 13.3. The molecule has 0 aliphatic heterocycles. The van der Waals surface area contributed by atoms with Crippen molar-refractivity contribution in [1.82, 2.24) is 0 Å². The number of aliphatic hydroxyl groups is 1. The van der Waals surface area contributed by atoms with Crippen LogP contribution < -0.4 is 5.32 Å². The number of hydrogen-bond acceptors (Lipinski definition) is 3. The number of halogens is 3. The fourth-order valence-electron chi connectivity index (χ4n) is 1.18. The highest BCUT2D eigenvalue weighted by molar-refractivity contribution is 9.10. The molecule has 90 valence electrons. The molecule has 0 spiro atoms. The van der Waals surface area contributed by atoms with Crippen molar-refractivity contribution in [3.63, 3.8) is 0 Å². The third-order valence-corrected chi connectivity index (χ3v) is 2.34. The number of methoxy groups -OCH3 is 1. The van der Waals surface area contributed by atoms with Gasteiger partial charge in [0.1, 0.15) is 17.3 Å². The molecular formula is C10H12BrF2NO2. The van der Waals surface area contributed by atoms with Gasteiger partial charge in [0.15, 0.2) is 0 Å². The highest BCUT2D eigenvalue weighted by Crippen LogP contribution is 2.23. The van der Waals surface area contributed by atoms with E-state index < -0.39 is 17.7 Å². The van der Waals surface area contributed by atoms with Crippen LogP contribution in [0.1, 0.15) is 0 Å². The van der Waals surface area contributed by atoms with Gasteiger partial charge < -0.3 is 15.2 Å². The molecule has 1 aromatic carbocycles. The quantitative estimate of drug-likeness (QED) is 0.875. The van der Waals surface area contributed by atoms with Crippen molar-refractivity contribution < 1.29 is 18.6 Å². The molecule has 0 radical (unpaired) electrons. The lowest BCUT2D eigenvalue weighted by molar-refractivity contribution is 0.0727. The zero-order valence-corrected chi connectivity index (χ0v) is 10.2. The molecule has 6 heteroatoms. The SMILES string of the molecule is COCC(O)CNc1c(F)cc(Br)cc1F.